The average molecular weight is 356 g/mol. The largest absolute Gasteiger partial charge is 0.492 e. The van der Waals surface area contributed by atoms with Crippen molar-refractivity contribution in [1.29, 1.82) is 0 Å². The van der Waals surface area contributed by atoms with Gasteiger partial charge in [-0.3, -0.25) is 0 Å². The van der Waals surface area contributed by atoms with E-state index in [2.05, 4.69) is 11.4 Å². The standard InChI is InChI=1S/C20H24N2O4/c1-14-10-15(2)12-17(11-14)24-7-6-22(3)20(23)21-16-4-5-18-19(13-16)26-9-8-25-18/h4-5,10-13H,6-9H2,1-3H3,(H,21,23). The molecule has 0 fully saturated rings. The maximum atomic E-state index is 12.3. The maximum absolute atomic E-state index is 12.3. The summed E-state index contributed by atoms with van der Waals surface area (Å²) in [6.07, 6.45) is 0. The summed E-state index contributed by atoms with van der Waals surface area (Å²) in [6.45, 7) is 6.03. The van der Waals surface area contributed by atoms with Gasteiger partial charge in [0.15, 0.2) is 11.5 Å². The normalized spacial score (nSPS) is 12.4. The van der Waals surface area contributed by atoms with Gasteiger partial charge in [-0.2, -0.15) is 0 Å². The fourth-order valence-corrected chi connectivity index (χ4v) is 2.76. The molecule has 6 heteroatoms. The molecule has 1 N–H and O–H groups in total. The van der Waals surface area contributed by atoms with Crippen LogP contribution in [0.3, 0.4) is 0 Å². The van der Waals surface area contributed by atoms with E-state index in [1.54, 1.807) is 30.1 Å². The van der Waals surface area contributed by atoms with Gasteiger partial charge >= 0.3 is 6.03 Å². The first-order valence-electron chi connectivity index (χ1n) is 8.64. The van der Waals surface area contributed by atoms with Crippen LogP contribution in [0.1, 0.15) is 11.1 Å². The van der Waals surface area contributed by atoms with Crippen LogP contribution >= 0.6 is 0 Å². The number of anilines is 1. The summed E-state index contributed by atoms with van der Waals surface area (Å²) in [5.41, 5.74) is 2.98. The summed E-state index contributed by atoms with van der Waals surface area (Å²) in [5, 5.41) is 2.85. The number of carbonyl (C=O) groups is 1. The molecule has 1 aliphatic heterocycles. The molecule has 1 aliphatic rings. The van der Waals surface area contributed by atoms with Gasteiger partial charge in [0.1, 0.15) is 25.6 Å². The topological polar surface area (TPSA) is 60.0 Å². The molecule has 0 radical (unpaired) electrons. The maximum Gasteiger partial charge on any atom is 0.321 e. The molecule has 0 saturated carbocycles. The Kier molecular flexibility index (Phi) is 5.51. The molecule has 0 unspecified atom stereocenters. The second kappa shape index (κ2) is 7.99. The number of fused-ring (bicyclic) bond motifs is 1. The van der Waals surface area contributed by atoms with E-state index in [4.69, 9.17) is 14.2 Å². The van der Waals surface area contributed by atoms with E-state index in [9.17, 15) is 4.79 Å². The van der Waals surface area contributed by atoms with Crippen molar-refractivity contribution in [2.75, 3.05) is 38.7 Å². The third kappa shape index (κ3) is 4.59. The van der Waals surface area contributed by atoms with Gasteiger partial charge in [-0.15, -0.1) is 0 Å². The molecule has 2 aromatic carbocycles. The highest BCUT2D eigenvalue weighted by molar-refractivity contribution is 5.89. The minimum absolute atomic E-state index is 0.203. The number of hydrogen-bond acceptors (Lipinski definition) is 4. The summed E-state index contributed by atoms with van der Waals surface area (Å²) < 4.78 is 16.8. The molecule has 0 aromatic heterocycles. The summed E-state index contributed by atoms with van der Waals surface area (Å²) in [7, 11) is 1.73. The molecule has 1 heterocycles. The highest BCUT2D eigenvalue weighted by Crippen LogP contribution is 2.32. The summed E-state index contributed by atoms with van der Waals surface area (Å²) in [4.78, 5) is 13.9. The van der Waals surface area contributed by atoms with Crippen molar-refractivity contribution in [3.05, 3.63) is 47.5 Å². The van der Waals surface area contributed by atoms with Crippen LogP contribution in [-0.4, -0.2) is 44.3 Å². The van der Waals surface area contributed by atoms with Gasteiger partial charge in [-0.05, 0) is 49.2 Å². The van der Waals surface area contributed by atoms with Crippen LogP contribution in [-0.2, 0) is 0 Å². The lowest BCUT2D eigenvalue weighted by atomic mass is 10.1. The number of carbonyl (C=O) groups excluding carboxylic acids is 1. The van der Waals surface area contributed by atoms with Crippen molar-refractivity contribution in [1.82, 2.24) is 4.90 Å². The smallest absolute Gasteiger partial charge is 0.321 e. The van der Waals surface area contributed by atoms with Gasteiger partial charge in [0.2, 0.25) is 0 Å². The number of rotatable bonds is 5. The van der Waals surface area contributed by atoms with Gasteiger partial charge in [0.25, 0.3) is 0 Å². The fraction of sp³-hybridized carbons (Fsp3) is 0.350. The average Bonchev–Trinajstić information content (AvgIpc) is 2.60. The Morgan fingerprint density at radius 1 is 1.08 bits per heavy atom. The molecule has 2 amide bonds. The van der Waals surface area contributed by atoms with E-state index in [0.29, 0.717) is 43.6 Å². The molecule has 0 bridgehead atoms. The van der Waals surface area contributed by atoms with Gasteiger partial charge in [0.05, 0.1) is 6.54 Å². The van der Waals surface area contributed by atoms with Crippen LogP contribution in [0.25, 0.3) is 0 Å². The second-order valence-corrected chi connectivity index (χ2v) is 6.38. The third-order valence-corrected chi connectivity index (χ3v) is 4.03. The molecule has 2 aromatic rings. The Bertz CT molecular complexity index is 771. The van der Waals surface area contributed by atoms with Gasteiger partial charge in [0, 0.05) is 18.8 Å². The van der Waals surface area contributed by atoms with Gasteiger partial charge in [-0.25, -0.2) is 4.79 Å². The molecule has 6 nitrogen and oxygen atoms in total. The zero-order valence-corrected chi connectivity index (χ0v) is 15.4. The molecule has 0 saturated heterocycles. The van der Waals surface area contributed by atoms with Crippen LogP contribution in [0, 0.1) is 13.8 Å². The van der Waals surface area contributed by atoms with Crippen LogP contribution in [0.4, 0.5) is 10.5 Å². The van der Waals surface area contributed by atoms with E-state index in [1.807, 2.05) is 26.0 Å². The zero-order valence-electron chi connectivity index (χ0n) is 15.4. The highest BCUT2D eigenvalue weighted by atomic mass is 16.6. The van der Waals surface area contributed by atoms with Crippen LogP contribution in [0.2, 0.25) is 0 Å². The molecule has 3 rings (SSSR count). The van der Waals surface area contributed by atoms with Gasteiger partial charge in [-0.1, -0.05) is 6.07 Å². The van der Waals surface area contributed by atoms with Crippen molar-refractivity contribution in [3.63, 3.8) is 0 Å². The number of nitrogens with zero attached hydrogens (tertiary/aromatic N) is 1. The molecule has 0 atom stereocenters. The lowest BCUT2D eigenvalue weighted by Crippen LogP contribution is -2.34. The minimum Gasteiger partial charge on any atom is -0.492 e. The van der Waals surface area contributed by atoms with Crippen LogP contribution in [0.15, 0.2) is 36.4 Å². The predicted molar refractivity (Wildman–Crippen MR) is 100 cm³/mol. The number of hydrogen-bond donors (Lipinski definition) is 1. The first-order valence-corrected chi connectivity index (χ1v) is 8.64. The van der Waals surface area contributed by atoms with Crippen molar-refractivity contribution in [2.45, 2.75) is 13.8 Å². The Labute approximate surface area is 153 Å². The number of nitrogens with one attached hydrogen (secondary N) is 1. The lowest BCUT2D eigenvalue weighted by Gasteiger charge is -2.21. The zero-order chi connectivity index (χ0) is 18.5. The first kappa shape index (κ1) is 17.9. The molecular formula is C20H24N2O4. The Morgan fingerprint density at radius 2 is 1.77 bits per heavy atom. The summed E-state index contributed by atoms with van der Waals surface area (Å²) in [5.74, 6) is 2.17. The van der Waals surface area contributed by atoms with Crippen molar-refractivity contribution >= 4 is 11.7 Å². The fourth-order valence-electron chi connectivity index (χ4n) is 2.76. The number of ether oxygens (including phenoxy) is 3. The number of likely N-dealkylation sites (N-methyl/N-ethyl adjacent to an activating group) is 1. The Morgan fingerprint density at radius 3 is 2.50 bits per heavy atom. The third-order valence-electron chi connectivity index (χ3n) is 4.03. The number of aryl methyl sites for hydroxylation is 2. The molecule has 0 spiro atoms. The van der Waals surface area contributed by atoms with Crippen molar-refractivity contribution in [3.8, 4) is 17.2 Å². The van der Waals surface area contributed by atoms with E-state index >= 15 is 0 Å². The van der Waals surface area contributed by atoms with E-state index in [-0.39, 0.29) is 6.03 Å². The van der Waals surface area contributed by atoms with Crippen LogP contribution in [0.5, 0.6) is 17.2 Å². The SMILES string of the molecule is Cc1cc(C)cc(OCCN(C)C(=O)Nc2ccc3c(c2)OCCO3)c1. The van der Waals surface area contributed by atoms with Gasteiger partial charge < -0.3 is 24.4 Å². The first-order chi connectivity index (χ1) is 12.5. The Hall–Kier alpha value is -2.89. The second-order valence-electron chi connectivity index (χ2n) is 6.38. The number of benzene rings is 2. The summed E-state index contributed by atoms with van der Waals surface area (Å²) >= 11 is 0. The minimum atomic E-state index is -0.203. The van der Waals surface area contributed by atoms with Crippen molar-refractivity contribution < 1.29 is 19.0 Å². The predicted octanol–water partition coefficient (Wildman–Crippen LogP) is 3.62. The monoisotopic (exact) mass is 356 g/mol. The summed E-state index contributed by atoms with van der Waals surface area (Å²) in [6, 6.07) is 11.2. The van der Waals surface area contributed by atoms with Crippen molar-refractivity contribution in [2.24, 2.45) is 0 Å². The van der Waals surface area contributed by atoms with E-state index in [0.717, 1.165) is 16.9 Å². The molecular weight excluding hydrogens is 332 g/mol. The Balaban J connectivity index is 1.50. The number of urea groups is 1. The molecule has 0 aliphatic carbocycles. The quantitative estimate of drug-likeness (QED) is 0.889. The van der Waals surface area contributed by atoms with E-state index in [1.165, 1.54) is 0 Å². The lowest BCUT2D eigenvalue weighted by molar-refractivity contribution is 0.171. The van der Waals surface area contributed by atoms with Crippen LogP contribution < -0.4 is 19.5 Å². The molecule has 26 heavy (non-hydrogen) atoms. The van der Waals surface area contributed by atoms with E-state index < -0.39 is 0 Å². The molecule has 138 valence electrons. The number of amides is 2. The highest BCUT2D eigenvalue weighted by Gasteiger charge is 2.14.